The molecule has 3 rings (SSSR count). The normalized spacial score (nSPS) is 32.6. The molecule has 3 aliphatic rings. The number of carbonyl (C=O) groups is 1. The molecule has 4 nitrogen and oxygen atoms in total. The standard InChI is InChI=1S/C16H28NO3/c1-16(19,13-6-2-3-7-13)15(18)20-14-8-11-17(12-14)9-4-5-10-17/h13-14,19H,2-12H2,1H3/q+1. The van der Waals surface area contributed by atoms with E-state index in [1.807, 2.05) is 0 Å². The Morgan fingerprint density at radius 1 is 1.10 bits per heavy atom. The minimum Gasteiger partial charge on any atom is -0.454 e. The molecule has 0 bridgehead atoms. The molecule has 1 saturated carbocycles. The van der Waals surface area contributed by atoms with Gasteiger partial charge >= 0.3 is 5.97 Å². The summed E-state index contributed by atoms with van der Waals surface area (Å²) in [6.45, 7) is 6.25. The van der Waals surface area contributed by atoms with Crippen molar-refractivity contribution in [3.05, 3.63) is 0 Å². The van der Waals surface area contributed by atoms with Crippen LogP contribution in [-0.2, 0) is 9.53 Å². The first kappa shape index (κ1) is 14.3. The first-order valence-corrected chi connectivity index (χ1v) is 8.30. The second-order valence-electron chi connectivity index (χ2n) is 7.35. The lowest BCUT2D eigenvalue weighted by atomic mass is 9.88. The fourth-order valence-corrected chi connectivity index (χ4v) is 4.47. The van der Waals surface area contributed by atoms with Crippen molar-refractivity contribution in [1.29, 1.82) is 0 Å². The molecule has 2 atom stereocenters. The molecule has 1 spiro atoms. The number of aliphatic hydroxyl groups is 1. The topological polar surface area (TPSA) is 46.5 Å². The predicted octanol–water partition coefficient (Wildman–Crippen LogP) is 1.85. The van der Waals surface area contributed by atoms with Gasteiger partial charge in [0.15, 0.2) is 11.7 Å². The maximum absolute atomic E-state index is 12.3. The Morgan fingerprint density at radius 2 is 1.75 bits per heavy atom. The Balaban J connectivity index is 1.56. The van der Waals surface area contributed by atoms with Crippen LogP contribution in [0.15, 0.2) is 0 Å². The lowest BCUT2D eigenvalue weighted by Crippen LogP contribution is -2.47. The van der Waals surface area contributed by atoms with Gasteiger partial charge in [-0.15, -0.1) is 0 Å². The summed E-state index contributed by atoms with van der Waals surface area (Å²) in [5, 5.41) is 10.5. The third-order valence-corrected chi connectivity index (χ3v) is 5.87. The highest BCUT2D eigenvalue weighted by atomic mass is 16.6. The van der Waals surface area contributed by atoms with E-state index in [9.17, 15) is 9.90 Å². The Kier molecular flexibility index (Phi) is 3.80. The van der Waals surface area contributed by atoms with Crippen molar-refractivity contribution in [3.8, 4) is 0 Å². The molecule has 0 aromatic carbocycles. The maximum Gasteiger partial charge on any atom is 0.338 e. The summed E-state index contributed by atoms with van der Waals surface area (Å²) >= 11 is 0. The molecular weight excluding hydrogens is 254 g/mol. The second-order valence-corrected chi connectivity index (χ2v) is 7.35. The third-order valence-electron chi connectivity index (χ3n) is 5.87. The van der Waals surface area contributed by atoms with E-state index < -0.39 is 5.60 Å². The minimum absolute atomic E-state index is 0.0217. The summed E-state index contributed by atoms with van der Waals surface area (Å²) in [5.41, 5.74) is -1.28. The Hall–Kier alpha value is -0.610. The highest BCUT2D eigenvalue weighted by Gasteiger charge is 2.46. The van der Waals surface area contributed by atoms with Crippen LogP contribution >= 0.6 is 0 Å². The van der Waals surface area contributed by atoms with E-state index in [4.69, 9.17) is 4.74 Å². The predicted molar refractivity (Wildman–Crippen MR) is 76.0 cm³/mol. The summed E-state index contributed by atoms with van der Waals surface area (Å²) in [6.07, 6.45) is 7.75. The average molecular weight is 282 g/mol. The van der Waals surface area contributed by atoms with E-state index in [-0.39, 0.29) is 18.0 Å². The van der Waals surface area contributed by atoms with Gasteiger partial charge in [0.05, 0.1) is 19.6 Å². The van der Waals surface area contributed by atoms with Crippen molar-refractivity contribution in [2.24, 2.45) is 5.92 Å². The van der Waals surface area contributed by atoms with Crippen molar-refractivity contribution in [2.75, 3.05) is 26.2 Å². The first-order valence-electron chi connectivity index (χ1n) is 8.30. The van der Waals surface area contributed by atoms with Gasteiger partial charge in [-0.05, 0) is 25.7 Å². The van der Waals surface area contributed by atoms with Gasteiger partial charge < -0.3 is 14.3 Å². The van der Waals surface area contributed by atoms with Crippen molar-refractivity contribution in [1.82, 2.24) is 0 Å². The van der Waals surface area contributed by atoms with E-state index in [0.29, 0.717) is 0 Å². The minimum atomic E-state index is -1.28. The van der Waals surface area contributed by atoms with Crippen LogP contribution in [0.4, 0.5) is 0 Å². The monoisotopic (exact) mass is 282 g/mol. The van der Waals surface area contributed by atoms with Gasteiger partial charge in [0.25, 0.3) is 0 Å². The first-order chi connectivity index (χ1) is 9.52. The van der Waals surface area contributed by atoms with Crippen molar-refractivity contribution < 1.29 is 19.1 Å². The van der Waals surface area contributed by atoms with Gasteiger partial charge in [0, 0.05) is 19.3 Å². The lowest BCUT2D eigenvalue weighted by Gasteiger charge is -2.30. The molecule has 2 saturated heterocycles. The number of esters is 1. The SMILES string of the molecule is CC(O)(C(=O)OC1CC[N+]2(CCCC2)C1)C1CCCC1. The summed E-state index contributed by atoms with van der Waals surface area (Å²) in [4.78, 5) is 12.3. The van der Waals surface area contributed by atoms with E-state index in [2.05, 4.69) is 0 Å². The quantitative estimate of drug-likeness (QED) is 0.635. The van der Waals surface area contributed by atoms with Crippen LogP contribution in [0, 0.1) is 5.92 Å². The van der Waals surface area contributed by atoms with Crippen LogP contribution < -0.4 is 0 Å². The van der Waals surface area contributed by atoms with Crippen LogP contribution in [0.3, 0.4) is 0 Å². The number of hydrogen-bond donors (Lipinski definition) is 1. The number of quaternary nitrogens is 1. The number of hydrogen-bond acceptors (Lipinski definition) is 3. The zero-order valence-electron chi connectivity index (χ0n) is 12.6. The molecule has 0 aromatic heterocycles. The van der Waals surface area contributed by atoms with Crippen molar-refractivity contribution in [2.45, 2.75) is 63.6 Å². The molecule has 20 heavy (non-hydrogen) atoms. The Bertz CT molecular complexity index is 368. The van der Waals surface area contributed by atoms with E-state index in [0.717, 1.165) is 49.7 Å². The summed E-state index contributed by atoms with van der Waals surface area (Å²) in [7, 11) is 0. The molecule has 0 aromatic rings. The molecule has 0 amide bonds. The van der Waals surface area contributed by atoms with Gasteiger partial charge in [0.2, 0.25) is 0 Å². The molecular formula is C16H28NO3+. The molecule has 114 valence electrons. The zero-order valence-corrected chi connectivity index (χ0v) is 12.6. The van der Waals surface area contributed by atoms with E-state index in [1.165, 1.54) is 25.9 Å². The molecule has 4 heteroatoms. The molecule has 1 N–H and O–H groups in total. The Labute approximate surface area is 121 Å². The number of ether oxygens (including phenoxy) is 1. The lowest BCUT2D eigenvalue weighted by molar-refractivity contribution is -0.906. The van der Waals surface area contributed by atoms with Crippen LogP contribution in [0.5, 0.6) is 0 Å². The van der Waals surface area contributed by atoms with Gasteiger partial charge in [-0.3, -0.25) is 0 Å². The maximum atomic E-state index is 12.3. The van der Waals surface area contributed by atoms with Crippen LogP contribution in [0.25, 0.3) is 0 Å². The summed E-state index contributed by atoms with van der Waals surface area (Å²) < 4.78 is 6.81. The van der Waals surface area contributed by atoms with Crippen LogP contribution in [-0.4, -0.2) is 53.4 Å². The van der Waals surface area contributed by atoms with Crippen LogP contribution in [0.1, 0.15) is 51.9 Å². The second kappa shape index (κ2) is 5.30. The van der Waals surface area contributed by atoms with E-state index >= 15 is 0 Å². The van der Waals surface area contributed by atoms with Crippen molar-refractivity contribution >= 4 is 5.97 Å². The fraction of sp³-hybridized carbons (Fsp3) is 0.938. The third kappa shape index (κ3) is 2.60. The van der Waals surface area contributed by atoms with Gasteiger partial charge in [-0.1, -0.05) is 12.8 Å². The summed E-state index contributed by atoms with van der Waals surface area (Å²) in [5.74, 6) is -0.292. The molecule has 3 fully saturated rings. The summed E-state index contributed by atoms with van der Waals surface area (Å²) in [6, 6.07) is 0. The highest BCUT2D eigenvalue weighted by molar-refractivity contribution is 5.79. The van der Waals surface area contributed by atoms with Crippen LogP contribution in [0.2, 0.25) is 0 Å². The van der Waals surface area contributed by atoms with Gasteiger partial charge in [0.1, 0.15) is 6.54 Å². The fourth-order valence-electron chi connectivity index (χ4n) is 4.47. The number of rotatable bonds is 3. The smallest absolute Gasteiger partial charge is 0.338 e. The van der Waals surface area contributed by atoms with Gasteiger partial charge in [-0.25, -0.2) is 4.79 Å². The molecule has 2 heterocycles. The Morgan fingerprint density at radius 3 is 2.40 bits per heavy atom. The largest absolute Gasteiger partial charge is 0.454 e. The molecule has 2 aliphatic heterocycles. The average Bonchev–Trinajstić information content (AvgIpc) is 3.14. The van der Waals surface area contributed by atoms with E-state index in [1.54, 1.807) is 6.92 Å². The number of carbonyl (C=O) groups excluding carboxylic acids is 1. The van der Waals surface area contributed by atoms with Gasteiger partial charge in [-0.2, -0.15) is 0 Å². The molecule has 0 radical (unpaired) electrons. The van der Waals surface area contributed by atoms with Crippen molar-refractivity contribution in [3.63, 3.8) is 0 Å². The highest BCUT2D eigenvalue weighted by Crippen LogP contribution is 2.36. The molecule has 2 unspecified atom stereocenters. The molecule has 1 aliphatic carbocycles. The zero-order chi connectivity index (χ0) is 14.2. The number of nitrogens with zero attached hydrogens (tertiary/aromatic N) is 1.